The van der Waals surface area contributed by atoms with Crippen LogP contribution in [0.25, 0.3) is 0 Å². The van der Waals surface area contributed by atoms with Gasteiger partial charge in [0.15, 0.2) is 5.60 Å². The highest BCUT2D eigenvalue weighted by Crippen LogP contribution is 2.52. The fourth-order valence-corrected chi connectivity index (χ4v) is 2.46. The predicted octanol–water partition coefficient (Wildman–Crippen LogP) is 5.05. The third-order valence-electron chi connectivity index (χ3n) is 3.94. The van der Waals surface area contributed by atoms with Gasteiger partial charge in [-0.15, -0.1) is 0 Å². The van der Waals surface area contributed by atoms with Crippen LogP contribution in [0.5, 0.6) is 0 Å². The van der Waals surface area contributed by atoms with Crippen molar-refractivity contribution in [1.82, 2.24) is 0 Å². The molecule has 0 bridgehead atoms. The molecule has 1 unspecified atom stereocenters. The lowest BCUT2D eigenvalue weighted by Crippen LogP contribution is -2.55. The Hall–Kier alpha value is -2.76. The van der Waals surface area contributed by atoms with Gasteiger partial charge >= 0.3 is 18.3 Å². The second-order valence-corrected chi connectivity index (χ2v) is 5.66. The highest BCUT2D eigenvalue weighted by molar-refractivity contribution is 5.44. The molecule has 152 valence electrons. The molecule has 1 atom stereocenters. The number of halogens is 8. The summed E-state index contributed by atoms with van der Waals surface area (Å²) >= 11 is 0. The maximum absolute atomic E-state index is 14.2. The van der Waals surface area contributed by atoms with E-state index in [2.05, 4.69) is 0 Å². The molecule has 0 saturated carbocycles. The first-order valence-electron chi connectivity index (χ1n) is 7.22. The molecule has 0 spiro atoms. The van der Waals surface area contributed by atoms with Crippen LogP contribution in [0.1, 0.15) is 16.7 Å². The zero-order valence-corrected chi connectivity index (χ0v) is 13.4. The number of alkyl halides is 8. The summed E-state index contributed by atoms with van der Waals surface area (Å²) in [6.45, 7) is 0. The first kappa shape index (κ1) is 21.5. The molecule has 0 saturated heterocycles. The van der Waals surface area contributed by atoms with E-state index in [9.17, 15) is 50.3 Å². The topological polar surface area (TPSA) is 63.4 Å². The lowest BCUT2D eigenvalue weighted by atomic mass is 9.80. The minimum Gasteiger partial charge on any atom is -0.374 e. The fraction of sp³-hybridized carbons (Fsp3) is 0.250. The van der Waals surface area contributed by atoms with Crippen molar-refractivity contribution in [2.45, 2.75) is 23.9 Å². The van der Waals surface area contributed by atoms with Gasteiger partial charge in [-0.2, -0.15) is 35.1 Å². The molecule has 0 heterocycles. The highest BCUT2D eigenvalue weighted by atomic mass is 19.4. The van der Waals surface area contributed by atoms with Crippen molar-refractivity contribution in [3.8, 4) is 0 Å². The summed E-state index contributed by atoms with van der Waals surface area (Å²) in [5, 5.41) is 21.0. The van der Waals surface area contributed by atoms with E-state index < -0.39 is 51.2 Å². The quantitative estimate of drug-likeness (QED) is 0.432. The van der Waals surface area contributed by atoms with Gasteiger partial charge in [-0.3, -0.25) is 10.1 Å². The molecule has 0 aliphatic rings. The average Bonchev–Trinajstić information content (AvgIpc) is 2.59. The largest absolute Gasteiger partial charge is 0.457 e. The van der Waals surface area contributed by atoms with E-state index in [1.807, 2.05) is 0 Å². The van der Waals surface area contributed by atoms with Crippen LogP contribution in [-0.4, -0.2) is 22.1 Å². The predicted molar refractivity (Wildman–Crippen MR) is 78.5 cm³/mol. The van der Waals surface area contributed by atoms with Gasteiger partial charge in [-0.25, -0.2) is 0 Å². The molecule has 0 fully saturated rings. The average molecular weight is 415 g/mol. The monoisotopic (exact) mass is 415 g/mol. The van der Waals surface area contributed by atoms with Crippen molar-refractivity contribution in [1.29, 1.82) is 0 Å². The Morgan fingerprint density at radius 2 is 1.07 bits per heavy atom. The smallest absolute Gasteiger partial charge is 0.374 e. The Morgan fingerprint density at radius 3 is 1.39 bits per heavy atom. The van der Waals surface area contributed by atoms with Crippen LogP contribution in [0.2, 0.25) is 0 Å². The van der Waals surface area contributed by atoms with Gasteiger partial charge in [-0.1, -0.05) is 12.1 Å². The summed E-state index contributed by atoms with van der Waals surface area (Å²) in [6.07, 6.45) is -11.2. The van der Waals surface area contributed by atoms with Crippen LogP contribution in [0, 0.1) is 10.1 Å². The fourth-order valence-electron chi connectivity index (χ4n) is 2.46. The Labute approximate surface area is 151 Å². The van der Waals surface area contributed by atoms with Crippen molar-refractivity contribution in [3.63, 3.8) is 0 Å². The Balaban J connectivity index is 2.71. The number of rotatable bonds is 4. The third-order valence-corrected chi connectivity index (χ3v) is 3.94. The standard InChI is InChI=1S/C16H9F8NO3/c17-14(18,19)11-3-1-9(2-4-11)13(26,15(20,21)16(22,23)24)10-5-7-12(8-6-10)25(27)28/h1-8,26H. The Morgan fingerprint density at radius 1 is 0.714 bits per heavy atom. The lowest BCUT2D eigenvalue weighted by molar-refractivity contribution is -0.384. The second kappa shape index (κ2) is 6.69. The molecule has 0 radical (unpaired) electrons. The number of aliphatic hydroxyl groups is 1. The van der Waals surface area contributed by atoms with Gasteiger partial charge in [-0.05, 0) is 35.4 Å². The SMILES string of the molecule is O=[N+]([O-])c1ccc(C(O)(c2ccc(C(F)(F)F)cc2)C(F)(F)C(F)(F)F)cc1. The summed E-state index contributed by atoms with van der Waals surface area (Å²) in [7, 11) is 0. The molecule has 0 aliphatic carbocycles. The zero-order valence-electron chi connectivity index (χ0n) is 13.4. The summed E-state index contributed by atoms with van der Waals surface area (Å²) in [5.41, 5.74) is -8.41. The molecule has 2 rings (SSSR count). The van der Waals surface area contributed by atoms with E-state index in [1.54, 1.807) is 0 Å². The van der Waals surface area contributed by atoms with E-state index >= 15 is 0 Å². The van der Waals surface area contributed by atoms with Gasteiger partial charge in [0, 0.05) is 12.1 Å². The van der Waals surface area contributed by atoms with E-state index in [4.69, 9.17) is 0 Å². The van der Waals surface area contributed by atoms with Crippen LogP contribution >= 0.6 is 0 Å². The number of nitrogens with zero attached hydrogens (tertiary/aromatic N) is 1. The molecule has 1 N–H and O–H groups in total. The molecule has 2 aromatic rings. The Bertz CT molecular complexity index is 859. The van der Waals surface area contributed by atoms with Crippen molar-refractivity contribution in [3.05, 3.63) is 75.3 Å². The molecule has 4 nitrogen and oxygen atoms in total. The van der Waals surface area contributed by atoms with Crippen LogP contribution < -0.4 is 0 Å². The number of non-ortho nitro benzene ring substituents is 1. The van der Waals surface area contributed by atoms with Gasteiger partial charge < -0.3 is 5.11 Å². The minimum absolute atomic E-state index is 0.234. The van der Waals surface area contributed by atoms with Crippen molar-refractivity contribution in [2.24, 2.45) is 0 Å². The van der Waals surface area contributed by atoms with Crippen molar-refractivity contribution >= 4 is 5.69 Å². The van der Waals surface area contributed by atoms with E-state index in [1.165, 1.54) is 0 Å². The Kier molecular flexibility index (Phi) is 5.15. The van der Waals surface area contributed by atoms with Crippen LogP contribution in [-0.2, 0) is 11.8 Å². The molecule has 2 aromatic carbocycles. The molecule has 0 amide bonds. The molecule has 12 heteroatoms. The van der Waals surface area contributed by atoms with Gasteiger partial charge in [0.25, 0.3) is 5.69 Å². The zero-order chi connectivity index (χ0) is 21.5. The molecule has 0 aliphatic heterocycles. The maximum Gasteiger partial charge on any atom is 0.457 e. The van der Waals surface area contributed by atoms with Gasteiger partial charge in [0.05, 0.1) is 10.5 Å². The molecule has 28 heavy (non-hydrogen) atoms. The maximum atomic E-state index is 14.2. The van der Waals surface area contributed by atoms with Gasteiger partial charge in [0.1, 0.15) is 0 Å². The molecular formula is C16H9F8NO3. The summed E-state index contributed by atoms with van der Waals surface area (Å²) in [6, 6.07) is 3.13. The molecule has 0 aromatic heterocycles. The number of benzene rings is 2. The van der Waals surface area contributed by atoms with Crippen LogP contribution in [0.15, 0.2) is 48.5 Å². The molecular weight excluding hydrogens is 406 g/mol. The first-order valence-corrected chi connectivity index (χ1v) is 7.22. The van der Waals surface area contributed by atoms with E-state index in [0.717, 1.165) is 0 Å². The number of hydrogen-bond acceptors (Lipinski definition) is 3. The number of nitro groups is 1. The van der Waals surface area contributed by atoms with Gasteiger partial charge in [0.2, 0.25) is 0 Å². The normalized spacial score (nSPS) is 15.2. The van der Waals surface area contributed by atoms with E-state index in [0.29, 0.717) is 24.3 Å². The highest BCUT2D eigenvalue weighted by Gasteiger charge is 2.71. The lowest BCUT2D eigenvalue weighted by Gasteiger charge is -2.37. The summed E-state index contributed by atoms with van der Waals surface area (Å²) < 4.78 is 105. The third kappa shape index (κ3) is 3.51. The minimum atomic E-state index is -6.29. The van der Waals surface area contributed by atoms with Crippen LogP contribution in [0.4, 0.5) is 40.8 Å². The summed E-state index contributed by atoms with van der Waals surface area (Å²) in [5.74, 6) is -5.84. The number of hydrogen-bond donors (Lipinski definition) is 1. The number of nitro benzene ring substituents is 1. The van der Waals surface area contributed by atoms with Crippen molar-refractivity contribution < 1.29 is 45.2 Å². The van der Waals surface area contributed by atoms with Crippen LogP contribution in [0.3, 0.4) is 0 Å². The second-order valence-electron chi connectivity index (χ2n) is 5.66. The summed E-state index contributed by atoms with van der Waals surface area (Å²) in [4.78, 5) is 9.67. The van der Waals surface area contributed by atoms with E-state index in [-0.39, 0.29) is 24.3 Å². The van der Waals surface area contributed by atoms with Crippen molar-refractivity contribution in [2.75, 3.05) is 0 Å². The first-order chi connectivity index (χ1) is 12.6.